The third-order valence-electron chi connectivity index (χ3n) is 12.2. The Kier molecular flexibility index (Phi) is 6.60. The quantitative estimate of drug-likeness (QED) is 0.170. The fourth-order valence-corrected chi connectivity index (χ4v) is 10.9. The summed E-state index contributed by atoms with van der Waals surface area (Å²) < 4.78 is 10.1. The SMILES string of the molecule is c1ccc(-n2c3ccccc3c3c2ccc2c4ccc5c(c6cc(-c7ccc8sc9ccccc9c8c7)ccc6n5-c5ccccc5)c4n(-c4ccccc4)c23)cc1. The molecule has 0 aliphatic heterocycles. The van der Waals surface area contributed by atoms with E-state index >= 15 is 0 Å². The van der Waals surface area contributed by atoms with Crippen LogP contribution in [0.3, 0.4) is 0 Å². The predicted molar refractivity (Wildman–Crippen MR) is 248 cm³/mol. The van der Waals surface area contributed by atoms with Crippen LogP contribution in [0.15, 0.2) is 200 Å². The highest BCUT2D eigenvalue weighted by Crippen LogP contribution is 2.47. The van der Waals surface area contributed by atoms with Crippen LogP contribution in [0.5, 0.6) is 0 Å². The molecular weight excluding hydrogens is 723 g/mol. The third-order valence-corrected chi connectivity index (χ3v) is 13.4. The van der Waals surface area contributed by atoms with E-state index in [2.05, 4.69) is 214 Å². The lowest BCUT2D eigenvalue weighted by Gasteiger charge is -2.11. The number of thiophene rings is 1. The zero-order valence-corrected chi connectivity index (χ0v) is 32.1. The number of aromatic nitrogens is 3. The van der Waals surface area contributed by atoms with E-state index in [9.17, 15) is 0 Å². The van der Waals surface area contributed by atoms with Gasteiger partial charge in [0.2, 0.25) is 0 Å². The average molecular weight is 756 g/mol. The van der Waals surface area contributed by atoms with Crippen LogP contribution in [0.2, 0.25) is 0 Å². The van der Waals surface area contributed by atoms with Crippen LogP contribution in [0.1, 0.15) is 0 Å². The molecule has 0 atom stereocenters. The van der Waals surface area contributed by atoms with Crippen LogP contribution in [-0.4, -0.2) is 13.7 Å². The summed E-state index contributed by atoms with van der Waals surface area (Å²) in [5.41, 5.74) is 13.1. The summed E-state index contributed by atoms with van der Waals surface area (Å²) >= 11 is 1.87. The average Bonchev–Trinajstić information content (AvgIpc) is 4.03. The van der Waals surface area contributed by atoms with Gasteiger partial charge < -0.3 is 13.7 Å². The highest BCUT2D eigenvalue weighted by molar-refractivity contribution is 7.25. The maximum absolute atomic E-state index is 2.56. The summed E-state index contributed by atoms with van der Waals surface area (Å²) in [6, 6.07) is 73.7. The molecule has 3 nitrogen and oxygen atoms in total. The number of hydrogen-bond donors (Lipinski definition) is 0. The number of hydrogen-bond acceptors (Lipinski definition) is 1. The smallest absolute Gasteiger partial charge is 0.0641 e. The lowest BCUT2D eigenvalue weighted by Crippen LogP contribution is -1.96. The molecule has 4 heterocycles. The lowest BCUT2D eigenvalue weighted by molar-refractivity contribution is 1.17. The van der Waals surface area contributed by atoms with E-state index in [0.29, 0.717) is 0 Å². The molecule has 0 saturated carbocycles. The Bertz CT molecular complexity index is 3770. The minimum Gasteiger partial charge on any atom is -0.309 e. The van der Waals surface area contributed by atoms with Crippen molar-refractivity contribution in [3.8, 4) is 28.2 Å². The second-order valence-electron chi connectivity index (χ2n) is 15.3. The van der Waals surface area contributed by atoms with Crippen LogP contribution in [-0.2, 0) is 0 Å². The molecule has 270 valence electrons. The van der Waals surface area contributed by atoms with Crippen molar-refractivity contribution in [3.05, 3.63) is 200 Å². The molecule has 0 aliphatic carbocycles. The molecule has 0 radical (unpaired) electrons. The molecule has 0 unspecified atom stereocenters. The molecule has 13 aromatic rings. The summed E-state index contributed by atoms with van der Waals surface area (Å²) in [5.74, 6) is 0. The fraction of sp³-hybridized carbons (Fsp3) is 0. The van der Waals surface area contributed by atoms with Gasteiger partial charge in [-0.05, 0) is 96.1 Å². The largest absolute Gasteiger partial charge is 0.309 e. The Hall–Kier alpha value is -7.40. The van der Waals surface area contributed by atoms with Crippen molar-refractivity contribution in [1.82, 2.24) is 13.7 Å². The first kappa shape index (κ1) is 31.8. The molecule has 0 aliphatic rings. The summed E-state index contributed by atoms with van der Waals surface area (Å²) in [7, 11) is 0. The molecule has 13 rings (SSSR count). The first-order chi connectivity index (χ1) is 28.8. The van der Waals surface area contributed by atoms with Gasteiger partial charge in [0.05, 0.1) is 33.1 Å². The van der Waals surface area contributed by atoms with Gasteiger partial charge in [0.25, 0.3) is 0 Å². The molecule has 0 amide bonds. The van der Waals surface area contributed by atoms with E-state index in [1.807, 2.05) is 11.3 Å². The van der Waals surface area contributed by atoms with Crippen molar-refractivity contribution in [3.63, 3.8) is 0 Å². The molecule has 9 aromatic carbocycles. The van der Waals surface area contributed by atoms with Gasteiger partial charge >= 0.3 is 0 Å². The molecule has 0 bridgehead atoms. The van der Waals surface area contributed by atoms with Crippen LogP contribution >= 0.6 is 11.3 Å². The minimum absolute atomic E-state index is 1.14. The Morgan fingerprint density at radius 3 is 1.36 bits per heavy atom. The van der Waals surface area contributed by atoms with Gasteiger partial charge in [-0.3, -0.25) is 0 Å². The zero-order chi connectivity index (χ0) is 37.9. The van der Waals surface area contributed by atoms with Crippen LogP contribution in [0.25, 0.3) is 114 Å². The Morgan fingerprint density at radius 2 is 0.724 bits per heavy atom. The van der Waals surface area contributed by atoms with Crippen LogP contribution < -0.4 is 0 Å². The van der Waals surface area contributed by atoms with Crippen LogP contribution in [0.4, 0.5) is 0 Å². The first-order valence-corrected chi connectivity index (χ1v) is 20.7. The Labute approximate surface area is 337 Å². The van der Waals surface area contributed by atoms with Crippen molar-refractivity contribution >= 4 is 96.9 Å². The van der Waals surface area contributed by atoms with Gasteiger partial charge in [-0.1, -0.05) is 115 Å². The lowest BCUT2D eigenvalue weighted by atomic mass is 10.00. The van der Waals surface area contributed by atoms with E-state index in [0.717, 1.165) is 17.1 Å². The number of para-hydroxylation sites is 4. The van der Waals surface area contributed by atoms with E-state index < -0.39 is 0 Å². The second kappa shape index (κ2) is 12.1. The number of benzene rings is 9. The van der Waals surface area contributed by atoms with Gasteiger partial charge in [0, 0.05) is 69.6 Å². The van der Waals surface area contributed by atoms with E-state index in [4.69, 9.17) is 0 Å². The molecule has 0 spiro atoms. The van der Waals surface area contributed by atoms with Gasteiger partial charge in [-0.2, -0.15) is 0 Å². The first-order valence-electron chi connectivity index (χ1n) is 19.9. The van der Waals surface area contributed by atoms with E-state index in [-0.39, 0.29) is 0 Å². The monoisotopic (exact) mass is 755 g/mol. The summed E-state index contributed by atoms with van der Waals surface area (Å²) in [6.07, 6.45) is 0. The van der Waals surface area contributed by atoms with Gasteiger partial charge in [0.15, 0.2) is 0 Å². The van der Waals surface area contributed by atoms with Crippen molar-refractivity contribution in [2.24, 2.45) is 0 Å². The van der Waals surface area contributed by atoms with E-state index in [1.165, 1.54) is 96.7 Å². The van der Waals surface area contributed by atoms with Crippen molar-refractivity contribution in [2.75, 3.05) is 0 Å². The van der Waals surface area contributed by atoms with Gasteiger partial charge in [-0.25, -0.2) is 0 Å². The van der Waals surface area contributed by atoms with Crippen molar-refractivity contribution in [2.45, 2.75) is 0 Å². The van der Waals surface area contributed by atoms with Crippen molar-refractivity contribution in [1.29, 1.82) is 0 Å². The summed E-state index contributed by atoms with van der Waals surface area (Å²) in [4.78, 5) is 0. The zero-order valence-electron chi connectivity index (χ0n) is 31.3. The Morgan fingerprint density at radius 1 is 0.276 bits per heavy atom. The topological polar surface area (TPSA) is 14.8 Å². The van der Waals surface area contributed by atoms with Gasteiger partial charge in [0.1, 0.15) is 0 Å². The highest BCUT2D eigenvalue weighted by Gasteiger charge is 2.25. The third kappa shape index (κ3) is 4.38. The maximum atomic E-state index is 2.56. The molecule has 0 fully saturated rings. The highest BCUT2D eigenvalue weighted by atomic mass is 32.1. The van der Waals surface area contributed by atoms with E-state index in [1.54, 1.807) is 0 Å². The normalized spacial score (nSPS) is 12.1. The second-order valence-corrected chi connectivity index (χ2v) is 16.4. The minimum atomic E-state index is 1.14. The summed E-state index contributed by atoms with van der Waals surface area (Å²) in [5, 5.41) is 10.1. The number of rotatable bonds is 4. The van der Waals surface area contributed by atoms with Crippen LogP contribution in [0, 0.1) is 0 Å². The van der Waals surface area contributed by atoms with Crippen molar-refractivity contribution < 1.29 is 0 Å². The fourth-order valence-electron chi connectivity index (χ4n) is 9.78. The molecule has 0 saturated heterocycles. The molecular formula is C54H33N3S. The maximum Gasteiger partial charge on any atom is 0.0641 e. The standard InChI is InChI=1S/C54H33N3S/c1-4-14-36(15-5-1)55-45-22-12-10-21-42(45)51-47(55)29-26-40-41-27-30-48-52(54(41)57(53(40)51)38-18-8-3-9-19-38)44-33-34(24-28-46(44)56(48)37-16-6-2-7-17-37)35-25-31-50-43(32-35)39-20-11-13-23-49(39)58-50/h1-33H. The predicted octanol–water partition coefficient (Wildman–Crippen LogP) is 15.0. The molecule has 4 heteroatoms. The molecule has 4 aromatic heterocycles. The molecule has 0 N–H and O–H groups in total. The number of fused-ring (bicyclic) bond motifs is 14. The molecule has 58 heavy (non-hydrogen) atoms. The Balaban J connectivity index is 1.21. The van der Waals surface area contributed by atoms with Gasteiger partial charge in [-0.15, -0.1) is 11.3 Å². The summed E-state index contributed by atoms with van der Waals surface area (Å²) in [6.45, 7) is 0. The number of nitrogens with zero attached hydrogens (tertiary/aromatic N) is 3.